The van der Waals surface area contributed by atoms with E-state index >= 15 is 0 Å². The van der Waals surface area contributed by atoms with Gasteiger partial charge in [0.15, 0.2) is 11.5 Å². The van der Waals surface area contributed by atoms with Gasteiger partial charge in [0, 0.05) is 22.8 Å². The fraction of sp³-hybridized carbons (Fsp3) is 0. The molecular formula is C24H22N2O5. The number of anilines is 4. The number of benzene rings is 3. The number of hydrogen-bond donors (Lipinski definition) is 6. The first-order chi connectivity index (χ1) is 14.9. The van der Waals surface area contributed by atoms with Gasteiger partial charge in [-0.25, -0.2) is 0 Å². The summed E-state index contributed by atoms with van der Waals surface area (Å²) in [5.41, 5.74) is 2.60. The predicted molar refractivity (Wildman–Crippen MR) is 122 cm³/mol. The normalized spacial score (nSPS) is 11.0. The summed E-state index contributed by atoms with van der Waals surface area (Å²) < 4.78 is 0. The van der Waals surface area contributed by atoms with E-state index in [2.05, 4.69) is 18.5 Å². The summed E-state index contributed by atoms with van der Waals surface area (Å²) in [6.45, 7) is 7.62. The van der Waals surface area contributed by atoms with Crippen molar-refractivity contribution in [2.24, 2.45) is 0 Å². The number of nitrogens with zero attached hydrogens (tertiary/aromatic N) is 1. The van der Waals surface area contributed by atoms with Crippen LogP contribution in [-0.2, 0) is 0 Å². The van der Waals surface area contributed by atoms with Crippen molar-refractivity contribution in [3.63, 3.8) is 0 Å². The van der Waals surface area contributed by atoms with Gasteiger partial charge in [-0.15, -0.1) is 0 Å². The maximum absolute atomic E-state index is 10.0. The minimum Gasteiger partial charge on any atom is -0.503 e. The summed E-state index contributed by atoms with van der Waals surface area (Å²) in [7, 11) is 0. The molecule has 7 nitrogen and oxygen atoms in total. The number of allylic oxidation sites excluding steroid dienone is 3. The SMILES string of the molecule is C=C/C=C(\C=C)N(c1ccccc1)c1ccc(Nc2c(O)c(O)c(O)c(O)c2O)cc1. The topological polar surface area (TPSA) is 116 Å². The van der Waals surface area contributed by atoms with Crippen LogP contribution in [0.1, 0.15) is 0 Å². The van der Waals surface area contributed by atoms with Crippen molar-refractivity contribution in [1.29, 1.82) is 0 Å². The Bertz CT molecular complexity index is 1110. The van der Waals surface area contributed by atoms with Crippen molar-refractivity contribution < 1.29 is 25.5 Å². The van der Waals surface area contributed by atoms with Gasteiger partial charge >= 0.3 is 0 Å². The lowest BCUT2D eigenvalue weighted by molar-refractivity contribution is 0.330. The third-order valence-corrected chi connectivity index (χ3v) is 4.54. The standard InChI is InChI=1S/C24H22N2O5/c1-3-8-16(4-2)26(17-9-6-5-7-10-17)18-13-11-15(12-14-18)25-19-20(27)22(29)24(31)23(30)21(19)28/h3-14,25,27-31H,1-2H2/b16-8+. The van der Waals surface area contributed by atoms with E-state index in [-0.39, 0.29) is 5.69 Å². The van der Waals surface area contributed by atoms with Gasteiger partial charge in [0.25, 0.3) is 0 Å². The Labute approximate surface area is 179 Å². The highest BCUT2D eigenvalue weighted by Crippen LogP contribution is 2.54. The molecule has 3 aromatic carbocycles. The largest absolute Gasteiger partial charge is 0.503 e. The quantitative estimate of drug-likeness (QED) is 0.174. The molecule has 0 bridgehead atoms. The molecule has 6 N–H and O–H groups in total. The second-order valence-electron chi connectivity index (χ2n) is 6.49. The molecule has 0 atom stereocenters. The van der Waals surface area contributed by atoms with Crippen LogP contribution in [0.4, 0.5) is 22.7 Å². The van der Waals surface area contributed by atoms with E-state index in [1.54, 1.807) is 36.4 Å². The fourth-order valence-corrected chi connectivity index (χ4v) is 3.02. The third-order valence-electron chi connectivity index (χ3n) is 4.54. The highest BCUT2D eigenvalue weighted by molar-refractivity contribution is 5.83. The number of aromatic hydroxyl groups is 5. The second-order valence-corrected chi connectivity index (χ2v) is 6.49. The van der Waals surface area contributed by atoms with Gasteiger partial charge in [0.2, 0.25) is 17.2 Å². The molecule has 0 aliphatic heterocycles. The zero-order chi connectivity index (χ0) is 22.5. The van der Waals surface area contributed by atoms with Gasteiger partial charge in [-0.2, -0.15) is 0 Å². The van der Waals surface area contributed by atoms with E-state index in [1.165, 1.54) is 0 Å². The summed E-state index contributed by atoms with van der Waals surface area (Å²) in [6, 6.07) is 16.6. The molecule has 0 aliphatic rings. The van der Waals surface area contributed by atoms with Crippen molar-refractivity contribution in [2.75, 3.05) is 10.2 Å². The van der Waals surface area contributed by atoms with Crippen LogP contribution in [0, 0.1) is 0 Å². The van der Waals surface area contributed by atoms with Crippen molar-refractivity contribution in [3.8, 4) is 28.7 Å². The van der Waals surface area contributed by atoms with Gasteiger partial charge in [-0.1, -0.05) is 37.4 Å². The summed E-state index contributed by atoms with van der Waals surface area (Å²) in [4.78, 5) is 1.96. The van der Waals surface area contributed by atoms with Gasteiger partial charge in [0.05, 0.1) is 0 Å². The molecule has 31 heavy (non-hydrogen) atoms. The van der Waals surface area contributed by atoms with Gasteiger partial charge in [-0.05, 0) is 48.6 Å². The molecule has 0 amide bonds. The molecule has 158 valence electrons. The summed E-state index contributed by atoms with van der Waals surface area (Å²) >= 11 is 0. The summed E-state index contributed by atoms with van der Waals surface area (Å²) in [5.74, 6) is -4.51. The first-order valence-corrected chi connectivity index (χ1v) is 9.25. The Morgan fingerprint density at radius 2 is 1.23 bits per heavy atom. The van der Waals surface area contributed by atoms with Crippen LogP contribution in [0.5, 0.6) is 28.7 Å². The lowest BCUT2D eigenvalue weighted by Gasteiger charge is -2.26. The number of phenols is 5. The molecule has 0 radical (unpaired) electrons. The molecule has 0 spiro atoms. The van der Waals surface area contributed by atoms with Crippen LogP contribution in [0.15, 0.2) is 91.7 Å². The summed E-state index contributed by atoms with van der Waals surface area (Å²) in [6.07, 6.45) is 5.20. The Balaban J connectivity index is 1.99. The Morgan fingerprint density at radius 3 is 1.74 bits per heavy atom. The number of para-hydroxylation sites is 1. The maximum atomic E-state index is 10.0. The van der Waals surface area contributed by atoms with E-state index in [1.807, 2.05) is 41.3 Å². The van der Waals surface area contributed by atoms with Crippen LogP contribution in [0.3, 0.4) is 0 Å². The summed E-state index contributed by atoms with van der Waals surface area (Å²) in [5, 5.41) is 51.7. The van der Waals surface area contributed by atoms with Crippen LogP contribution in [0.2, 0.25) is 0 Å². The van der Waals surface area contributed by atoms with E-state index in [9.17, 15) is 25.5 Å². The first-order valence-electron chi connectivity index (χ1n) is 9.25. The van der Waals surface area contributed by atoms with Gasteiger partial charge in [0.1, 0.15) is 5.69 Å². The number of hydrogen-bond acceptors (Lipinski definition) is 7. The number of phenolic OH excluding ortho intramolecular Hbond substituents is 5. The van der Waals surface area contributed by atoms with E-state index in [4.69, 9.17) is 0 Å². The van der Waals surface area contributed by atoms with Crippen molar-refractivity contribution in [1.82, 2.24) is 0 Å². The van der Waals surface area contributed by atoms with Crippen LogP contribution < -0.4 is 10.2 Å². The monoisotopic (exact) mass is 418 g/mol. The van der Waals surface area contributed by atoms with Gasteiger partial charge in [-0.3, -0.25) is 0 Å². The molecule has 0 heterocycles. The molecule has 0 fully saturated rings. The zero-order valence-corrected chi connectivity index (χ0v) is 16.5. The van der Waals surface area contributed by atoms with E-state index < -0.39 is 28.7 Å². The average Bonchev–Trinajstić information content (AvgIpc) is 2.80. The minimum atomic E-state index is -1.01. The first kappa shape index (κ1) is 21.2. The van der Waals surface area contributed by atoms with Crippen molar-refractivity contribution in [3.05, 3.63) is 91.7 Å². The fourth-order valence-electron chi connectivity index (χ4n) is 3.02. The molecular weight excluding hydrogens is 396 g/mol. The van der Waals surface area contributed by atoms with Crippen LogP contribution in [-0.4, -0.2) is 25.5 Å². The van der Waals surface area contributed by atoms with Crippen molar-refractivity contribution >= 4 is 22.7 Å². The number of rotatable bonds is 7. The van der Waals surface area contributed by atoms with Crippen molar-refractivity contribution in [2.45, 2.75) is 0 Å². The molecule has 0 aliphatic carbocycles. The van der Waals surface area contributed by atoms with Crippen LogP contribution >= 0.6 is 0 Å². The van der Waals surface area contributed by atoms with Gasteiger partial charge < -0.3 is 35.7 Å². The van der Waals surface area contributed by atoms with Crippen LogP contribution in [0.25, 0.3) is 0 Å². The Kier molecular flexibility index (Phi) is 6.07. The highest BCUT2D eigenvalue weighted by atomic mass is 16.4. The lowest BCUT2D eigenvalue weighted by Crippen LogP contribution is -2.14. The molecule has 3 rings (SSSR count). The van der Waals surface area contributed by atoms with E-state index in [0.717, 1.165) is 17.1 Å². The third kappa shape index (κ3) is 4.11. The molecule has 0 saturated heterocycles. The molecule has 0 unspecified atom stereocenters. The molecule has 7 heteroatoms. The highest BCUT2D eigenvalue weighted by Gasteiger charge is 2.23. The molecule has 0 aromatic heterocycles. The van der Waals surface area contributed by atoms with E-state index in [0.29, 0.717) is 5.69 Å². The minimum absolute atomic E-state index is 0.348. The molecule has 0 saturated carbocycles. The second kappa shape index (κ2) is 8.87. The lowest BCUT2D eigenvalue weighted by atomic mass is 10.1. The maximum Gasteiger partial charge on any atom is 0.208 e. The number of nitrogens with one attached hydrogen (secondary N) is 1. The predicted octanol–water partition coefficient (Wildman–Crippen LogP) is 5.35. The Hall–Kier alpha value is -4.52. The zero-order valence-electron chi connectivity index (χ0n) is 16.5. The average molecular weight is 418 g/mol. The Morgan fingerprint density at radius 1 is 0.710 bits per heavy atom. The smallest absolute Gasteiger partial charge is 0.208 e. The molecule has 3 aromatic rings.